The first kappa shape index (κ1) is 21.9. The predicted octanol–water partition coefficient (Wildman–Crippen LogP) is 4.13. The van der Waals surface area contributed by atoms with Crippen molar-refractivity contribution in [3.63, 3.8) is 0 Å². The number of pyridine rings is 1. The number of urea groups is 1. The number of rotatable bonds is 5. The molecule has 0 aliphatic carbocycles. The maximum Gasteiger partial charge on any atom is 0.433 e. The molecular formula is C18H18F4N4O3. The molecule has 3 N–H and O–H groups in total. The van der Waals surface area contributed by atoms with Gasteiger partial charge in [0, 0.05) is 24.7 Å². The average molecular weight is 414 g/mol. The number of carbonyl (C=O) groups excluding carboxylic acids is 2. The maximum absolute atomic E-state index is 13.8. The molecule has 0 aliphatic heterocycles. The van der Waals surface area contributed by atoms with Gasteiger partial charge in [-0.3, -0.25) is 4.79 Å². The number of hydrogen-bond acceptors (Lipinski definition) is 4. The first-order valence-electron chi connectivity index (χ1n) is 8.24. The summed E-state index contributed by atoms with van der Waals surface area (Å²) in [6.45, 7) is 4.40. The summed E-state index contributed by atoms with van der Waals surface area (Å²) in [6, 6.07) is 4.32. The van der Waals surface area contributed by atoms with Crippen LogP contribution in [0.25, 0.3) is 0 Å². The van der Waals surface area contributed by atoms with E-state index in [0.29, 0.717) is 6.07 Å². The fourth-order valence-corrected chi connectivity index (χ4v) is 2.37. The van der Waals surface area contributed by atoms with Gasteiger partial charge in [-0.05, 0) is 32.0 Å². The molecular weight excluding hydrogens is 396 g/mol. The van der Waals surface area contributed by atoms with Crippen LogP contribution in [0, 0.1) is 5.82 Å². The number of halogens is 4. The van der Waals surface area contributed by atoms with Gasteiger partial charge in [-0.25, -0.2) is 14.2 Å². The number of anilines is 2. The van der Waals surface area contributed by atoms with Gasteiger partial charge in [0.2, 0.25) is 5.91 Å². The summed E-state index contributed by atoms with van der Waals surface area (Å²) < 4.78 is 56.9. The third kappa shape index (κ3) is 6.94. The molecule has 2 aromatic rings. The molecule has 11 heteroatoms. The number of ether oxygens (including phenoxy) is 1. The van der Waals surface area contributed by atoms with Gasteiger partial charge in [-0.15, -0.1) is 0 Å². The third-order valence-corrected chi connectivity index (χ3v) is 3.29. The van der Waals surface area contributed by atoms with Crippen molar-refractivity contribution in [2.24, 2.45) is 0 Å². The second-order valence-electron chi connectivity index (χ2n) is 6.48. The lowest BCUT2D eigenvalue weighted by Crippen LogP contribution is -2.47. The SMILES string of the molecule is CC(=O)NC(C)(C)Oc1cc(F)cc(NC(=O)Nc2ccc(C(F)(F)F)nc2)c1. The van der Waals surface area contributed by atoms with E-state index in [9.17, 15) is 27.2 Å². The standard InChI is InChI=1S/C18H18F4N4O3/c1-10(27)26-17(2,3)29-14-7-11(19)6-13(8-14)25-16(28)24-12-4-5-15(23-9-12)18(20,21)22/h4-9H,1-3H3,(H,26,27)(H2,24,25,28). The molecule has 3 amide bonds. The van der Waals surface area contributed by atoms with Crippen LogP contribution in [0.4, 0.5) is 33.7 Å². The van der Waals surface area contributed by atoms with Gasteiger partial charge < -0.3 is 20.7 Å². The van der Waals surface area contributed by atoms with Gasteiger partial charge in [0.15, 0.2) is 5.72 Å². The van der Waals surface area contributed by atoms with Crippen LogP contribution in [0.2, 0.25) is 0 Å². The first-order valence-corrected chi connectivity index (χ1v) is 8.24. The lowest BCUT2D eigenvalue weighted by Gasteiger charge is -2.27. The lowest BCUT2D eigenvalue weighted by molar-refractivity contribution is -0.141. The summed E-state index contributed by atoms with van der Waals surface area (Å²) in [5, 5.41) is 7.14. The highest BCUT2D eigenvalue weighted by Gasteiger charge is 2.32. The van der Waals surface area contributed by atoms with Gasteiger partial charge >= 0.3 is 12.2 Å². The molecule has 0 fully saturated rings. The zero-order chi connectivity index (χ0) is 21.8. The minimum absolute atomic E-state index is 0.00941. The van der Waals surface area contributed by atoms with E-state index in [-0.39, 0.29) is 23.0 Å². The van der Waals surface area contributed by atoms with E-state index in [1.165, 1.54) is 13.0 Å². The van der Waals surface area contributed by atoms with Crippen LogP contribution in [0.5, 0.6) is 5.75 Å². The van der Waals surface area contributed by atoms with Crippen LogP contribution in [0.3, 0.4) is 0 Å². The normalized spacial score (nSPS) is 11.6. The molecule has 0 bridgehead atoms. The lowest BCUT2D eigenvalue weighted by atomic mass is 10.2. The minimum atomic E-state index is -4.59. The topological polar surface area (TPSA) is 92.4 Å². The van der Waals surface area contributed by atoms with Crippen molar-refractivity contribution in [1.82, 2.24) is 10.3 Å². The number of nitrogens with one attached hydrogen (secondary N) is 3. The molecule has 156 valence electrons. The van der Waals surface area contributed by atoms with Gasteiger partial charge in [0.25, 0.3) is 0 Å². The molecule has 0 saturated carbocycles. The average Bonchev–Trinajstić information content (AvgIpc) is 2.51. The molecule has 1 heterocycles. The molecule has 7 nitrogen and oxygen atoms in total. The Morgan fingerprint density at radius 1 is 1.03 bits per heavy atom. The largest absolute Gasteiger partial charge is 0.469 e. The molecule has 2 rings (SSSR count). The van der Waals surface area contributed by atoms with Crippen molar-refractivity contribution in [1.29, 1.82) is 0 Å². The number of benzene rings is 1. The van der Waals surface area contributed by atoms with E-state index < -0.39 is 29.4 Å². The third-order valence-electron chi connectivity index (χ3n) is 3.29. The van der Waals surface area contributed by atoms with E-state index in [1.54, 1.807) is 13.8 Å². The zero-order valence-electron chi connectivity index (χ0n) is 15.6. The van der Waals surface area contributed by atoms with Gasteiger partial charge in [-0.1, -0.05) is 0 Å². The number of nitrogens with zero attached hydrogens (tertiary/aromatic N) is 1. The van der Waals surface area contributed by atoms with Crippen molar-refractivity contribution >= 4 is 23.3 Å². The fourth-order valence-electron chi connectivity index (χ4n) is 2.37. The Labute approximate surface area is 163 Å². The number of amides is 3. The Hall–Kier alpha value is -3.37. The van der Waals surface area contributed by atoms with Crippen LogP contribution >= 0.6 is 0 Å². The number of alkyl halides is 3. The van der Waals surface area contributed by atoms with Crippen LogP contribution in [-0.4, -0.2) is 22.6 Å². The molecule has 0 atom stereocenters. The highest BCUT2D eigenvalue weighted by atomic mass is 19.4. The summed E-state index contributed by atoms with van der Waals surface area (Å²) in [5.41, 5.74) is -2.20. The van der Waals surface area contributed by atoms with E-state index >= 15 is 0 Å². The molecule has 0 saturated heterocycles. The van der Waals surface area contributed by atoms with Crippen molar-refractivity contribution in [2.75, 3.05) is 10.6 Å². The number of hydrogen-bond donors (Lipinski definition) is 3. The van der Waals surface area contributed by atoms with Crippen LogP contribution in [0.1, 0.15) is 26.5 Å². The highest BCUT2D eigenvalue weighted by Crippen LogP contribution is 2.28. The van der Waals surface area contributed by atoms with E-state index in [4.69, 9.17) is 4.74 Å². The smallest absolute Gasteiger partial charge is 0.433 e. The van der Waals surface area contributed by atoms with Gasteiger partial charge in [0.1, 0.15) is 17.3 Å². The Morgan fingerprint density at radius 3 is 2.24 bits per heavy atom. The molecule has 0 spiro atoms. The Balaban J connectivity index is 2.06. The summed E-state index contributed by atoms with van der Waals surface area (Å²) >= 11 is 0. The summed E-state index contributed by atoms with van der Waals surface area (Å²) in [7, 11) is 0. The highest BCUT2D eigenvalue weighted by molar-refractivity contribution is 5.99. The summed E-state index contributed by atoms with van der Waals surface area (Å²) in [4.78, 5) is 26.4. The molecule has 0 unspecified atom stereocenters. The van der Waals surface area contributed by atoms with E-state index in [2.05, 4.69) is 20.9 Å². The second kappa shape index (κ2) is 8.33. The molecule has 0 radical (unpaired) electrons. The maximum atomic E-state index is 13.8. The van der Waals surface area contributed by atoms with Gasteiger partial charge in [-0.2, -0.15) is 13.2 Å². The number of aromatic nitrogens is 1. The Bertz CT molecular complexity index is 899. The molecule has 1 aromatic carbocycles. The summed E-state index contributed by atoms with van der Waals surface area (Å²) in [6.07, 6.45) is -3.75. The molecule has 29 heavy (non-hydrogen) atoms. The van der Waals surface area contributed by atoms with Crippen molar-refractivity contribution in [2.45, 2.75) is 32.7 Å². The second-order valence-corrected chi connectivity index (χ2v) is 6.48. The summed E-state index contributed by atoms with van der Waals surface area (Å²) in [5.74, 6) is -1.03. The number of carbonyl (C=O) groups is 2. The predicted molar refractivity (Wildman–Crippen MR) is 96.8 cm³/mol. The van der Waals surface area contributed by atoms with Crippen molar-refractivity contribution in [3.05, 3.63) is 48.0 Å². The molecule has 0 aliphatic rings. The fraction of sp³-hybridized carbons (Fsp3) is 0.278. The Kier molecular flexibility index (Phi) is 6.30. The Morgan fingerprint density at radius 2 is 1.69 bits per heavy atom. The van der Waals surface area contributed by atoms with E-state index in [1.807, 2.05) is 0 Å². The first-order chi connectivity index (χ1) is 13.3. The monoisotopic (exact) mass is 414 g/mol. The minimum Gasteiger partial charge on any atom is -0.469 e. The molecule has 1 aromatic heterocycles. The van der Waals surface area contributed by atoms with Crippen LogP contribution in [-0.2, 0) is 11.0 Å². The zero-order valence-corrected chi connectivity index (χ0v) is 15.6. The van der Waals surface area contributed by atoms with Crippen LogP contribution < -0.4 is 20.7 Å². The van der Waals surface area contributed by atoms with E-state index in [0.717, 1.165) is 24.4 Å². The van der Waals surface area contributed by atoms with Crippen molar-refractivity contribution in [3.8, 4) is 5.75 Å². The van der Waals surface area contributed by atoms with Crippen molar-refractivity contribution < 1.29 is 31.9 Å². The van der Waals surface area contributed by atoms with Gasteiger partial charge in [0.05, 0.1) is 11.9 Å². The quantitative estimate of drug-likeness (QED) is 0.507. The van der Waals surface area contributed by atoms with Crippen LogP contribution in [0.15, 0.2) is 36.5 Å².